The van der Waals surface area contributed by atoms with Crippen molar-refractivity contribution >= 4 is 11.9 Å². The minimum atomic E-state index is -0.844. The summed E-state index contributed by atoms with van der Waals surface area (Å²) in [6.07, 6.45) is 95.4. The molecular formula is C78H149NO5. The molecule has 0 radical (unpaired) electrons. The maximum atomic E-state index is 12.5. The number of ether oxygens (including phenoxy) is 1. The first-order valence-electron chi connectivity index (χ1n) is 38.3. The third kappa shape index (κ3) is 69.2. The number of aliphatic hydroxyl groups excluding tert-OH is 2. The van der Waals surface area contributed by atoms with Gasteiger partial charge in [0.25, 0.3) is 0 Å². The summed E-state index contributed by atoms with van der Waals surface area (Å²) in [5, 5.41) is 23.2. The molecule has 84 heavy (non-hydrogen) atoms. The lowest BCUT2D eigenvalue weighted by molar-refractivity contribution is -0.143. The minimum absolute atomic E-state index is 0.0147. The van der Waals surface area contributed by atoms with Crippen LogP contribution in [0.4, 0.5) is 0 Å². The van der Waals surface area contributed by atoms with Gasteiger partial charge in [0.2, 0.25) is 5.91 Å². The van der Waals surface area contributed by atoms with Crippen LogP contribution in [-0.4, -0.2) is 47.4 Å². The van der Waals surface area contributed by atoms with Gasteiger partial charge in [0.05, 0.1) is 25.4 Å². The lowest BCUT2D eigenvalue weighted by atomic mass is 10.0. The molecule has 0 rings (SSSR count). The Labute approximate surface area is 525 Å². The zero-order chi connectivity index (χ0) is 60.6. The fourth-order valence-electron chi connectivity index (χ4n) is 12.0. The van der Waals surface area contributed by atoms with Gasteiger partial charge in [-0.3, -0.25) is 9.59 Å². The number of unbranched alkanes of at least 4 members (excludes halogenated alkanes) is 57. The van der Waals surface area contributed by atoms with E-state index in [0.717, 1.165) is 44.9 Å². The number of hydrogen-bond acceptors (Lipinski definition) is 5. The van der Waals surface area contributed by atoms with Gasteiger partial charge in [-0.1, -0.05) is 365 Å². The molecule has 0 bridgehead atoms. The van der Waals surface area contributed by atoms with Crippen LogP contribution in [0.15, 0.2) is 36.5 Å². The highest BCUT2D eigenvalue weighted by atomic mass is 16.5. The number of allylic oxidation sites excluding steroid dienone is 5. The molecule has 6 nitrogen and oxygen atoms in total. The molecule has 0 spiro atoms. The van der Waals surface area contributed by atoms with Gasteiger partial charge in [0.1, 0.15) is 0 Å². The molecule has 0 saturated heterocycles. The molecule has 2 atom stereocenters. The zero-order valence-electron chi connectivity index (χ0n) is 56.9. The van der Waals surface area contributed by atoms with Gasteiger partial charge in [0, 0.05) is 12.8 Å². The molecule has 1 amide bonds. The summed E-state index contributed by atoms with van der Waals surface area (Å²) >= 11 is 0. The summed E-state index contributed by atoms with van der Waals surface area (Å²) in [4.78, 5) is 24.6. The fraction of sp³-hybridized carbons (Fsp3) is 0.897. The Kier molecular flexibility index (Phi) is 71.9. The third-order valence-electron chi connectivity index (χ3n) is 17.9. The van der Waals surface area contributed by atoms with Gasteiger partial charge in [-0.25, -0.2) is 0 Å². The molecule has 0 aromatic heterocycles. The predicted octanol–water partition coefficient (Wildman–Crippen LogP) is 25.0. The predicted molar refractivity (Wildman–Crippen MR) is 370 cm³/mol. The van der Waals surface area contributed by atoms with Crippen molar-refractivity contribution < 1.29 is 24.5 Å². The molecular weight excluding hydrogens is 1030 g/mol. The standard InChI is InChI=1S/C78H149NO5/c1-3-5-7-9-11-13-15-17-19-21-35-39-42-46-50-54-58-62-66-70-76(81)75(74-80)79-77(82)71-67-63-59-55-51-47-43-40-36-33-31-29-27-25-23-22-24-26-28-30-32-34-37-41-45-49-53-57-61-65-69-73-84-78(83)72-68-64-60-56-52-48-44-38-20-18-16-14-12-10-8-6-4-2/h18,20,24,26,66,70,75-76,80-81H,3-17,19,21-23,25,27-65,67-69,71-74H2,1-2H3,(H,79,82)/b20-18-,26-24-,70-66+. The monoisotopic (exact) mass is 1180 g/mol. The average Bonchev–Trinajstić information content (AvgIpc) is 3.51. The van der Waals surface area contributed by atoms with Crippen molar-refractivity contribution in [3.05, 3.63) is 36.5 Å². The number of carbonyl (C=O) groups excluding carboxylic acids is 2. The molecule has 2 unspecified atom stereocenters. The number of hydrogen-bond donors (Lipinski definition) is 3. The van der Waals surface area contributed by atoms with Gasteiger partial charge in [0.15, 0.2) is 0 Å². The second-order valence-electron chi connectivity index (χ2n) is 26.3. The summed E-state index contributed by atoms with van der Waals surface area (Å²) < 4.78 is 5.51. The number of amides is 1. The van der Waals surface area contributed by atoms with E-state index in [0.29, 0.717) is 19.4 Å². The smallest absolute Gasteiger partial charge is 0.305 e. The Morgan fingerprint density at radius 1 is 0.321 bits per heavy atom. The number of rotatable bonds is 72. The molecule has 0 aromatic carbocycles. The maximum Gasteiger partial charge on any atom is 0.305 e. The van der Waals surface area contributed by atoms with E-state index in [-0.39, 0.29) is 18.5 Å². The molecule has 6 heteroatoms. The van der Waals surface area contributed by atoms with E-state index in [4.69, 9.17) is 4.74 Å². The van der Waals surface area contributed by atoms with Gasteiger partial charge in [-0.2, -0.15) is 0 Å². The van der Waals surface area contributed by atoms with Crippen molar-refractivity contribution in [1.29, 1.82) is 0 Å². The first-order valence-corrected chi connectivity index (χ1v) is 38.3. The SMILES string of the molecule is CCCCCCCC/C=C\CCCCCCCCCC(=O)OCCCCCCCCCCCCCC/C=C\CCCCCCCCCCCCCCCCCC(=O)NC(CO)C(O)/C=C/CCCCCCCCCCCCCCCCCCC. The Balaban J connectivity index is 3.37. The summed E-state index contributed by atoms with van der Waals surface area (Å²) in [6.45, 7) is 4.94. The summed E-state index contributed by atoms with van der Waals surface area (Å²) in [6, 6.07) is -0.627. The van der Waals surface area contributed by atoms with E-state index in [1.165, 1.54) is 353 Å². The molecule has 0 heterocycles. The lowest BCUT2D eigenvalue weighted by Crippen LogP contribution is -2.45. The van der Waals surface area contributed by atoms with Crippen LogP contribution < -0.4 is 5.32 Å². The van der Waals surface area contributed by atoms with Crippen molar-refractivity contribution in [1.82, 2.24) is 5.32 Å². The minimum Gasteiger partial charge on any atom is -0.466 e. The summed E-state index contributed by atoms with van der Waals surface area (Å²) in [5.41, 5.74) is 0. The molecule has 0 aliphatic carbocycles. The highest BCUT2D eigenvalue weighted by Gasteiger charge is 2.18. The van der Waals surface area contributed by atoms with Gasteiger partial charge < -0.3 is 20.3 Å². The van der Waals surface area contributed by atoms with E-state index < -0.39 is 12.1 Å². The first-order chi connectivity index (χ1) is 41.5. The Bertz CT molecular complexity index is 1360. The second kappa shape index (κ2) is 73.5. The molecule has 3 N–H and O–H groups in total. The average molecular weight is 1180 g/mol. The summed E-state index contributed by atoms with van der Waals surface area (Å²) in [7, 11) is 0. The van der Waals surface area contributed by atoms with Crippen LogP contribution in [0.1, 0.15) is 425 Å². The first kappa shape index (κ1) is 82.1. The Hall–Kier alpha value is -1.92. The van der Waals surface area contributed by atoms with E-state index >= 15 is 0 Å². The highest BCUT2D eigenvalue weighted by molar-refractivity contribution is 5.76. The quantitative estimate of drug-likeness (QED) is 0.0320. The number of carbonyl (C=O) groups is 2. The van der Waals surface area contributed by atoms with Gasteiger partial charge >= 0.3 is 5.97 Å². The van der Waals surface area contributed by atoms with Crippen LogP contribution in [0.2, 0.25) is 0 Å². The zero-order valence-corrected chi connectivity index (χ0v) is 56.9. The van der Waals surface area contributed by atoms with Crippen LogP contribution in [0, 0.1) is 0 Å². The van der Waals surface area contributed by atoms with Crippen LogP contribution in [-0.2, 0) is 14.3 Å². The Morgan fingerprint density at radius 2 is 0.560 bits per heavy atom. The number of nitrogens with one attached hydrogen (secondary N) is 1. The van der Waals surface area contributed by atoms with Crippen molar-refractivity contribution in [2.24, 2.45) is 0 Å². The highest BCUT2D eigenvalue weighted by Crippen LogP contribution is 2.19. The molecule has 496 valence electrons. The van der Waals surface area contributed by atoms with E-state index in [1.54, 1.807) is 6.08 Å². The number of aliphatic hydroxyl groups is 2. The fourth-order valence-corrected chi connectivity index (χ4v) is 12.0. The molecule has 0 aliphatic rings. The largest absolute Gasteiger partial charge is 0.466 e. The summed E-state index contributed by atoms with van der Waals surface area (Å²) in [5.74, 6) is -0.0474. The van der Waals surface area contributed by atoms with Crippen LogP contribution in [0.3, 0.4) is 0 Å². The molecule has 0 fully saturated rings. The Morgan fingerprint density at radius 3 is 0.845 bits per heavy atom. The maximum absolute atomic E-state index is 12.5. The third-order valence-corrected chi connectivity index (χ3v) is 17.9. The topological polar surface area (TPSA) is 95.9 Å². The molecule has 0 saturated carbocycles. The van der Waals surface area contributed by atoms with Crippen LogP contribution in [0.5, 0.6) is 0 Å². The normalized spacial score (nSPS) is 12.7. The lowest BCUT2D eigenvalue weighted by Gasteiger charge is -2.20. The molecule has 0 aromatic rings. The second-order valence-corrected chi connectivity index (χ2v) is 26.3. The molecule has 0 aliphatic heterocycles. The van der Waals surface area contributed by atoms with Gasteiger partial charge in [-0.15, -0.1) is 0 Å². The van der Waals surface area contributed by atoms with E-state index in [1.807, 2.05) is 6.08 Å². The van der Waals surface area contributed by atoms with Crippen LogP contribution in [0.25, 0.3) is 0 Å². The van der Waals surface area contributed by atoms with E-state index in [2.05, 4.69) is 43.5 Å². The van der Waals surface area contributed by atoms with Crippen LogP contribution >= 0.6 is 0 Å². The van der Waals surface area contributed by atoms with Crippen molar-refractivity contribution in [3.63, 3.8) is 0 Å². The number of esters is 1. The van der Waals surface area contributed by atoms with Gasteiger partial charge in [-0.05, 0) is 83.5 Å². The van der Waals surface area contributed by atoms with Crippen molar-refractivity contribution in [3.8, 4) is 0 Å². The van der Waals surface area contributed by atoms with E-state index in [9.17, 15) is 19.8 Å². The van der Waals surface area contributed by atoms with Crippen molar-refractivity contribution in [2.75, 3.05) is 13.2 Å². The van der Waals surface area contributed by atoms with Crippen molar-refractivity contribution in [2.45, 2.75) is 437 Å².